The molecule has 0 aliphatic rings. The summed E-state index contributed by atoms with van der Waals surface area (Å²) in [4.78, 5) is 11.8. The molecule has 0 aromatic heterocycles. The minimum absolute atomic E-state index is 0.167. The molecule has 0 amide bonds. The maximum absolute atomic E-state index is 13.4. The molecule has 0 fully saturated rings. The molecular formula is C12H16FNO2. The Balaban J connectivity index is 3.24. The fourth-order valence-corrected chi connectivity index (χ4v) is 1.60. The summed E-state index contributed by atoms with van der Waals surface area (Å²) >= 11 is 0. The van der Waals surface area contributed by atoms with E-state index in [4.69, 9.17) is 4.74 Å². The van der Waals surface area contributed by atoms with Crippen molar-refractivity contribution in [2.75, 3.05) is 20.7 Å². The van der Waals surface area contributed by atoms with Crippen LogP contribution in [-0.4, -0.2) is 26.5 Å². The van der Waals surface area contributed by atoms with Gasteiger partial charge in [-0.05, 0) is 20.0 Å². The topological polar surface area (TPSA) is 38.3 Å². The van der Waals surface area contributed by atoms with Crippen molar-refractivity contribution in [2.45, 2.75) is 13.1 Å². The molecule has 0 aliphatic carbocycles. The number of methoxy groups -OCH3 is 1. The normalized spacial score (nSPS) is 12.2. The van der Waals surface area contributed by atoms with Gasteiger partial charge >= 0.3 is 0 Å². The number of carbonyl (C=O) groups is 1. The van der Waals surface area contributed by atoms with Gasteiger partial charge in [-0.15, -0.1) is 0 Å². The van der Waals surface area contributed by atoms with E-state index in [2.05, 4.69) is 5.32 Å². The summed E-state index contributed by atoms with van der Waals surface area (Å²) in [6.07, 6.45) is -1.19. The maximum atomic E-state index is 13.4. The second-order valence-corrected chi connectivity index (χ2v) is 3.49. The lowest BCUT2D eigenvalue weighted by atomic mass is 9.99. The van der Waals surface area contributed by atoms with Gasteiger partial charge in [0.25, 0.3) is 0 Å². The lowest BCUT2D eigenvalue weighted by Gasteiger charge is -2.13. The number of alkyl halides is 1. The van der Waals surface area contributed by atoms with Gasteiger partial charge in [0, 0.05) is 5.56 Å². The van der Waals surface area contributed by atoms with Crippen LogP contribution >= 0.6 is 0 Å². The molecule has 16 heavy (non-hydrogen) atoms. The van der Waals surface area contributed by atoms with E-state index in [0.29, 0.717) is 16.9 Å². The molecular weight excluding hydrogens is 209 g/mol. The maximum Gasteiger partial charge on any atom is 0.180 e. The van der Waals surface area contributed by atoms with Gasteiger partial charge in [0.1, 0.15) is 11.9 Å². The van der Waals surface area contributed by atoms with Crippen LogP contribution in [0.25, 0.3) is 0 Å². The van der Waals surface area contributed by atoms with Crippen LogP contribution in [0.2, 0.25) is 0 Å². The summed E-state index contributed by atoms with van der Waals surface area (Å²) in [7, 11) is 3.14. The molecule has 0 radical (unpaired) electrons. The SMILES string of the molecule is CNCC(=O)c1c(OC)cccc1C(C)F. The summed E-state index contributed by atoms with van der Waals surface area (Å²) in [5.74, 6) is 0.252. The first-order valence-corrected chi connectivity index (χ1v) is 5.10. The second kappa shape index (κ2) is 5.61. The van der Waals surface area contributed by atoms with E-state index in [1.165, 1.54) is 14.0 Å². The number of rotatable bonds is 5. The Morgan fingerprint density at radius 3 is 2.75 bits per heavy atom. The molecule has 3 nitrogen and oxygen atoms in total. The zero-order valence-electron chi connectivity index (χ0n) is 9.71. The van der Waals surface area contributed by atoms with Crippen LogP contribution in [-0.2, 0) is 0 Å². The van der Waals surface area contributed by atoms with E-state index >= 15 is 0 Å². The molecule has 0 spiro atoms. The van der Waals surface area contributed by atoms with Gasteiger partial charge in [-0.1, -0.05) is 12.1 Å². The fourth-order valence-electron chi connectivity index (χ4n) is 1.60. The third-order valence-corrected chi connectivity index (χ3v) is 2.32. The first-order valence-electron chi connectivity index (χ1n) is 5.10. The number of halogens is 1. The van der Waals surface area contributed by atoms with E-state index in [0.717, 1.165) is 0 Å². The molecule has 0 heterocycles. The molecule has 1 aromatic carbocycles. The highest BCUT2D eigenvalue weighted by Gasteiger charge is 2.19. The van der Waals surface area contributed by atoms with Gasteiger partial charge in [0.15, 0.2) is 5.78 Å². The van der Waals surface area contributed by atoms with E-state index < -0.39 is 6.17 Å². The number of Topliss-reactive ketones (excluding diaryl/α,β-unsaturated/α-hetero) is 1. The smallest absolute Gasteiger partial charge is 0.180 e. The van der Waals surface area contributed by atoms with Gasteiger partial charge in [-0.3, -0.25) is 4.79 Å². The Bertz CT molecular complexity index is 377. The highest BCUT2D eigenvalue weighted by molar-refractivity contribution is 6.01. The summed E-state index contributed by atoms with van der Waals surface area (Å²) in [6.45, 7) is 1.57. The molecule has 88 valence electrons. The standard InChI is InChI=1S/C12H16FNO2/c1-8(13)9-5-4-6-11(16-3)12(9)10(15)7-14-2/h4-6,8,14H,7H2,1-3H3. The largest absolute Gasteiger partial charge is 0.496 e. The number of hydrogen-bond acceptors (Lipinski definition) is 3. The van der Waals surface area contributed by atoms with Crippen LogP contribution in [0.4, 0.5) is 4.39 Å². The highest BCUT2D eigenvalue weighted by Crippen LogP contribution is 2.28. The first-order chi connectivity index (χ1) is 7.61. The van der Waals surface area contributed by atoms with Crippen LogP contribution in [0.1, 0.15) is 29.0 Å². The van der Waals surface area contributed by atoms with E-state index in [-0.39, 0.29) is 12.3 Å². The van der Waals surface area contributed by atoms with Gasteiger partial charge in [0.2, 0.25) is 0 Å². The average molecular weight is 225 g/mol. The Morgan fingerprint density at radius 1 is 1.56 bits per heavy atom. The van der Waals surface area contributed by atoms with E-state index in [9.17, 15) is 9.18 Å². The molecule has 0 aliphatic heterocycles. The molecule has 1 atom stereocenters. The third kappa shape index (κ3) is 2.58. The minimum Gasteiger partial charge on any atom is -0.496 e. The zero-order chi connectivity index (χ0) is 12.1. The predicted octanol–water partition coefficient (Wildman–Crippen LogP) is 2.13. The summed E-state index contributed by atoms with van der Waals surface area (Å²) < 4.78 is 18.5. The van der Waals surface area contributed by atoms with Gasteiger partial charge in [0.05, 0.1) is 19.2 Å². The Kier molecular flexibility index (Phi) is 4.43. The van der Waals surface area contributed by atoms with E-state index in [1.54, 1.807) is 25.2 Å². The summed E-state index contributed by atoms with van der Waals surface area (Å²) in [6, 6.07) is 4.95. The van der Waals surface area contributed by atoms with Crippen molar-refractivity contribution in [2.24, 2.45) is 0 Å². The number of carbonyl (C=O) groups excluding carboxylic acids is 1. The Labute approximate surface area is 94.6 Å². The number of likely N-dealkylation sites (N-methyl/N-ethyl adjacent to an activating group) is 1. The summed E-state index contributed by atoms with van der Waals surface area (Å²) in [5, 5.41) is 2.76. The van der Waals surface area contributed by atoms with Crippen molar-refractivity contribution >= 4 is 5.78 Å². The predicted molar refractivity (Wildman–Crippen MR) is 60.8 cm³/mol. The number of nitrogens with one attached hydrogen (secondary N) is 1. The zero-order valence-corrected chi connectivity index (χ0v) is 9.71. The molecule has 0 saturated heterocycles. The minimum atomic E-state index is -1.19. The van der Waals surface area contributed by atoms with Crippen molar-refractivity contribution in [3.63, 3.8) is 0 Å². The van der Waals surface area contributed by atoms with Gasteiger partial charge in [-0.25, -0.2) is 4.39 Å². The van der Waals surface area contributed by atoms with Crippen LogP contribution in [0.5, 0.6) is 5.75 Å². The lowest BCUT2D eigenvalue weighted by molar-refractivity contribution is 0.0988. The van der Waals surface area contributed by atoms with Crippen LogP contribution < -0.4 is 10.1 Å². The van der Waals surface area contributed by atoms with Gasteiger partial charge < -0.3 is 10.1 Å². The molecule has 1 unspecified atom stereocenters. The molecule has 1 rings (SSSR count). The van der Waals surface area contributed by atoms with Crippen molar-refractivity contribution in [3.8, 4) is 5.75 Å². The van der Waals surface area contributed by atoms with Crippen LogP contribution in [0.15, 0.2) is 18.2 Å². The molecule has 1 aromatic rings. The Hall–Kier alpha value is -1.42. The van der Waals surface area contributed by atoms with Crippen molar-refractivity contribution < 1.29 is 13.9 Å². The van der Waals surface area contributed by atoms with Gasteiger partial charge in [-0.2, -0.15) is 0 Å². The van der Waals surface area contributed by atoms with Crippen LogP contribution in [0, 0.1) is 0 Å². The number of ether oxygens (including phenoxy) is 1. The van der Waals surface area contributed by atoms with Crippen molar-refractivity contribution in [1.29, 1.82) is 0 Å². The second-order valence-electron chi connectivity index (χ2n) is 3.49. The monoisotopic (exact) mass is 225 g/mol. The number of ketones is 1. The quantitative estimate of drug-likeness (QED) is 0.780. The fraction of sp³-hybridized carbons (Fsp3) is 0.417. The van der Waals surface area contributed by atoms with Crippen molar-refractivity contribution in [1.82, 2.24) is 5.32 Å². The molecule has 0 bridgehead atoms. The molecule has 0 saturated carbocycles. The average Bonchev–Trinajstić information content (AvgIpc) is 2.28. The first kappa shape index (κ1) is 12.6. The van der Waals surface area contributed by atoms with E-state index in [1.807, 2.05) is 0 Å². The van der Waals surface area contributed by atoms with Crippen molar-refractivity contribution in [3.05, 3.63) is 29.3 Å². The summed E-state index contributed by atoms with van der Waals surface area (Å²) in [5.41, 5.74) is 0.703. The third-order valence-electron chi connectivity index (χ3n) is 2.32. The highest BCUT2D eigenvalue weighted by atomic mass is 19.1. The lowest BCUT2D eigenvalue weighted by Crippen LogP contribution is -2.20. The Morgan fingerprint density at radius 2 is 2.25 bits per heavy atom. The molecule has 1 N–H and O–H groups in total. The number of benzene rings is 1. The number of hydrogen-bond donors (Lipinski definition) is 1. The van der Waals surface area contributed by atoms with Crippen LogP contribution in [0.3, 0.4) is 0 Å². The molecule has 4 heteroatoms.